The highest BCUT2D eigenvalue weighted by Gasteiger charge is 2.29. The van der Waals surface area contributed by atoms with Crippen LogP contribution in [0.4, 0.5) is 0 Å². The summed E-state index contributed by atoms with van der Waals surface area (Å²) in [5, 5.41) is 8.34. The van der Waals surface area contributed by atoms with Gasteiger partial charge in [-0.25, -0.2) is 4.68 Å². The summed E-state index contributed by atoms with van der Waals surface area (Å²) in [6, 6.07) is 7.82. The Bertz CT molecular complexity index is 671. The number of aromatic nitrogens is 2. The SMILES string of the molecule is CC1NCCN(C(=O)c2cnn(-c3ccc(Cl)cc3)c2)C1C.Cl. The molecule has 1 saturated heterocycles. The molecule has 7 heteroatoms. The Morgan fingerprint density at radius 1 is 1.30 bits per heavy atom. The molecule has 3 rings (SSSR count). The first kappa shape index (κ1) is 17.8. The van der Waals surface area contributed by atoms with Crippen molar-refractivity contribution >= 4 is 29.9 Å². The van der Waals surface area contributed by atoms with Crippen molar-refractivity contribution < 1.29 is 4.79 Å². The lowest BCUT2D eigenvalue weighted by Gasteiger charge is -2.38. The van der Waals surface area contributed by atoms with E-state index in [0.29, 0.717) is 16.6 Å². The normalized spacial score (nSPS) is 20.9. The molecule has 2 aromatic rings. The minimum atomic E-state index is 0. The van der Waals surface area contributed by atoms with Gasteiger partial charge in [-0.3, -0.25) is 4.79 Å². The van der Waals surface area contributed by atoms with E-state index in [9.17, 15) is 4.79 Å². The van der Waals surface area contributed by atoms with E-state index < -0.39 is 0 Å². The monoisotopic (exact) mass is 354 g/mol. The topological polar surface area (TPSA) is 50.2 Å². The van der Waals surface area contributed by atoms with Crippen molar-refractivity contribution in [1.82, 2.24) is 20.0 Å². The summed E-state index contributed by atoms with van der Waals surface area (Å²) < 4.78 is 1.69. The molecule has 2 heterocycles. The standard InChI is InChI=1S/C16H19ClN4O.ClH/c1-11-12(2)20(8-7-18-11)16(22)13-9-19-21(10-13)15-5-3-14(17)4-6-15;/h3-6,9-12,18H,7-8H2,1-2H3;1H. The van der Waals surface area contributed by atoms with E-state index in [0.717, 1.165) is 18.8 Å². The Balaban J connectivity index is 0.00000192. The Morgan fingerprint density at radius 3 is 2.70 bits per heavy atom. The zero-order valence-electron chi connectivity index (χ0n) is 13.1. The van der Waals surface area contributed by atoms with Gasteiger partial charge < -0.3 is 10.2 Å². The number of nitrogens with zero attached hydrogens (tertiary/aromatic N) is 3. The Hall–Kier alpha value is -1.56. The first-order chi connectivity index (χ1) is 10.6. The fourth-order valence-corrected chi connectivity index (χ4v) is 2.80. The molecule has 0 aliphatic carbocycles. The van der Waals surface area contributed by atoms with Crippen LogP contribution in [0, 0.1) is 0 Å². The molecule has 2 atom stereocenters. The fraction of sp³-hybridized carbons (Fsp3) is 0.375. The summed E-state index contributed by atoms with van der Waals surface area (Å²) in [5.41, 5.74) is 1.49. The zero-order valence-corrected chi connectivity index (χ0v) is 14.6. The van der Waals surface area contributed by atoms with Gasteiger partial charge in [0.25, 0.3) is 5.91 Å². The first-order valence-electron chi connectivity index (χ1n) is 7.41. The maximum Gasteiger partial charge on any atom is 0.257 e. The number of amides is 1. The molecule has 1 fully saturated rings. The van der Waals surface area contributed by atoms with E-state index in [1.54, 1.807) is 29.2 Å². The minimum Gasteiger partial charge on any atom is -0.333 e. The number of hydrogen-bond acceptors (Lipinski definition) is 3. The maximum absolute atomic E-state index is 12.7. The van der Waals surface area contributed by atoms with E-state index >= 15 is 0 Å². The zero-order chi connectivity index (χ0) is 15.7. The van der Waals surface area contributed by atoms with Gasteiger partial charge >= 0.3 is 0 Å². The number of benzene rings is 1. The van der Waals surface area contributed by atoms with Gasteiger partial charge in [0.15, 0.2) is 0 Å². The van der Waals surface area contributed by atoms with Crippen LogP contribution in [0.15, 0.2) is 36.7 Å². The Morgan fingerprint density at radius 2 is 2.00 bits per heavy atom. The highest BCUT2D eigenvalue weighted by Crippen LogP contribution is 2.16. The number of nitrogens with one attached hydrogen (secondary N) is 1. The molecule has 1 aliphatic rings. The molecule has 0 radical (unpaired) electrons. The number of piperazine rings is 1. The van der Waals surface area contributed by atoms with Crippen LogP contribution in [0.3, 0.4) is 0 Å². The Kier molecular flexibility index (Phi) is 5.68. The number of rotatable bonds is 2. The largest absolute Gasteiger partial charge is 0.333 e. The fourth-order valence-electron chi connectivity index (χ4n) is 2.68. The maximum atomic E-state index is 12.7. The Labute approximate surface area is 147 Å². The lowest BCUT2D eigenvalue weighted by Crippen LogP contribution is -2.57. The number of halogens is 2. The summed E-state index contributed by atoms with van der Waals surface area (Å²) in [6.45, 7) is 5.71. The second-order valence-corrected chi connectivity index (χ2v) is 6.07. The quantitative estimate of drug-likeness (QED) is 0.901. The van der Waals surface area contributed by atoms with Crippen LogP contribution in [0.2, 0.25) is 5.02 Å². The van der Waals surface area contributed by atoms with Crippen LogP contribution in [-0.4, -0.2) is 45.8 Å². The average molecular weight is 355 g/mol. The third-order valence-electron chi connectivity index (χ3n) is 4.22. The number of carbonyl (C=O) groups excluding carboxylic acids is 1. The van der Waals surface area contributed by atoms with Crippen LogP contribution < -0.4 is 5.32 Å². The summed E-state index contributed by atoms with van der Waals surface area (Å²) >= 11 is 5.89. The van der Waals surface area contributed by atoms with E-state index in [4.69, 9.17) is 11.6 Å². The van der Waals surface area contributed by atoms with Crippen molar-refractivity contribution in [1.29, 1.82) is 0 Å². The lowest BCUT2D eigenvalue weighted by molar-refractivity contribution is 0.0603. The first-order valence-corrected chi connectivity index (χ1v) is 7.79. The highest BCUT2D eigenvalue weighted by atomic mass is 35.5. The van der Waals surface area contributed by atoms with Crippen molar-refractivity contribution in [3.05, 3.63) is 47.2 Å². The second kappa shape index (κ2) is 7.34. The number of carbonyl (C=O) groups is 1. The van der Waals surface area contributed by atoms with Gasteiger partial charge in [-0.05, 0) is 38.1 Å². The van der Waals surface area contributed by atoms with Gasteiger partial charge in [-0.2, -0.15) is 5.10 Å². The molecule has 23 heavy (non-hydrogen) atoms. The average Bonchev–Trinajstić information content (AvgIpc) is 3.00. The van der Waals surface area contributed by atoms with E-state index in [-0.39, 0.29) is 24.4 Å². The highest BCUT2D eigenvalue weighted by molar-refractivity contribution is 6.30. The summed E-state index contributed by atoms with van der Waals surface area (Å²) in [5.74, 6) is 0.0288. The van der Waals surface area contributed by atoms with E-state index in [1.165, 1.54) is 0 Å². The molecule has 5 nitrogen and oxygen atoms in total. The van der Waals surface area contributed by atoms with Gasteiger partial charge in [-0.15, -0.1) is 12.4 Å². The minimum absolute atomic E-state index is 0. The van der Waals surface area contributed by atoms with Crippen LogP contribution >= 0.6 is 24.0 Å². The third-order valence-corrected chi connectivity index (χ3v) is 4.47. The van der Waals surface area contributed by atoms with Gasteiger partial charge in [0.2, 0.25) is 0 Å². The number of hydrogen-bond donors (Lipinski definition) is 1. The molecular formula is C16H20Cl2N4O. The van der Waals surface area contributed by atoms with Crippen LogP contribution in [0.5, 0.6) is 0 Å². The van der Waals surface area contributed by atoms with Crippen molar-refractivity contribution in [2.45, 2.75) is 25.9 Å². The summed E-state index contributed by atoms with van der Waals surface area (Å²) in [6.07, 6.45) is 3.39. The molecule has 1 amide bonds. The molecule has 1 N–H and O–H groups in total. The van der Waals surface area contributed by atoms with Crippen LogP contribution in [-0.2, 0) is 0 Å². The van der Waals surface area contributed by atoms with Crippen LogP contribution in [0.1, 0.15) is 24.2 Å². The van der Waals surface area contributed by atoms with E-state index in [2.05, 4.69) is 24.3 Å². The molecular weight excluding hydrogens is 335 g/mol. The molecule has 1 aliphatic heterocycles. The summed E-state index contributed by atoms with van der Waals surface area (Å²) in [4.78, 5) is 14.6. The van der Waals surface area contributed by atoms with Crippen molar-refractivity contribution in [3.63, 3.8) is 0 Å². The molecule has 1 aromatic heterocycles. The van der Waals surface area contributed by atoms with Crippen molar-refractivity contribution in [2.24, 2.45) is 0 Å². The molecule has 124 valence electrons. The second-order valence-electron chi connectivity index (χ2n) is 5.63. The van der Waals surface area contributed by atoms with Crippen molar-refractivity contribution in [3.8, 4) is 5.69 Å². The third kappa shape index (κ3) is 3.68. The lowest BCUT2D eigenvalue weighted by atomic mass is 10.1. The van der Waals surface area contributed by atoms with Gasteiger partial charge in [0.05, 0.1) is 17.4 Å². The predicted molar refractivity (Wildman–Crippen MR) is 93.8 cm³/mol. The van der Waals surface area contributed by atoms with Crippen LogP contribution in [0.25, 0.3) is 5.69 Å². The predicted octanol–water partition coefficient (Wildman–Crippen LogP) is 2.77. The summed E-state index contributed by atoms with van der Waals surface area (Å²) in [7, 11) is 0. The molecule has 2 unspecified atom stereocenters. The molecule has 0 bridgehead atoms. The van der Waals surface area contributed by atoms with Gasteiger partial charge in [0.1, 0.15) is 0 Å². The van der Waals surface area contributed by atoms with Crippen molar-refractivity contribution in [2.75, 3.05) is 13.1 Å². The van der Waals surface area contributed by atoms with E-state index in [1.807, 2.05) is 17.0 Å². The molecule has 0 saturated carbocycles. The van der Waals surface area contributed by atoms with Gasteiger partial charge in [0, 0.05) is 36.4 Å². The molecule has 1 aromatic carbocycles. The van der Waals surface area contributed by atoms with Gasteiger partial charge in [-0.1, -0.05) is 11.6 Å². The molecule has 0 spiro atoms. The smallest absolute Gasteiger partial charge is 0.257 e.